The Labute approximate surface area is 97.2 Å². The van der Waals surface area contributed by atoms with Gasteiger partial charge in [-0.1, -0.05) is 0 Å². The lowest BCUT2D eigenvalue weighted by atomic mass is 10.0. The summed E-state index contributed by atoms with van der Waals surface area (Å²) < 4.78 is 5.49. The van der Waals surface area contributed by atoms with Crippen molar-refractivity contribution in [2.75, 3.05) is 25.5 Å². The summed E-state index contributed by atoms with van der Waals surface area (Å²) in [6, 6.07) is 6.33. The third-order valence-electron chi connectivity index (χ3n) is 2.79. The highest BCUT2D eigenvalue weighted by molar-refractivity contribution is 5.53. The molecule has 0 saturated carbocycles. The summed E-state index contributed by atoms with van der Waals surface area (Å²) in [6.07, 6.45) is 1.03. The van der Waals surface area contributed by atoms with Gasteiger partial charge in [-0.25, -0.2) is 0 Å². The lowest BCUT2D eigenvalue weighted by molar-refractivity contribution is 0.357. The van der Waals surface area contributed by atoms with E-state index in [0.29, 0.717) is 0 Å². The van der Waals surface area contributed by atoms with E-state index < -0.39 is 0 Å². The van der Waals surface area contributed by atoms with E-state index in [1.807, 2.05) is 7.05 Å². The van der Waals surface area contributed by atoms with Crippen LogP contribution in [0.5, 0.6) is 5.75 Å². The minimum atomic E-state index is 0.0580. The SMILES string of the molecule is CNCC(C)(C)Nc1ccc2c(c1)CCO2. The second-order valence-electron chi connectivity index (χ2n) is 4.96. The maximum absolute atomic E-state index is 5.49. The number of hydrogen-bond donors (Lipinski definition) is 2. The number of nitrogens with one attached hydrogen (secondary N) is 2. The zero-order valence-electron chi connectivity index (χ0n) is 10.3. The standard InChI is InChI=1S/C13H20N2O/c1-13(2,9-14-3)15-11-4-5-12-10(8-11)6-7-16-12/h4-5,8,14-15H,6-7,9H2,1-3H3. The second-order valence-corrected chi connectivity index (χ2v) is 4.96. The maximum atomic E-state index is 5.49. The number of rotatable bonds is 4. The Morgan fingerprint density at radius 3 is 2.94 bits per heavy atom. The van der Waals surface area contributed by atoms with Crippen molar-refractivity contribution in [1.82, 2.24) is 5.32 Å². The minimum Gasteiger partial charge on any atom is -0.493 e. The number of hydrogen-bond acceptors (Lipinski definition) is 3. The molecule has 0 saturated heterocycles. The number of likely N-dealkylation sites (N-methyl/N-ethyl adjacent to an activating group) is 1. The molecule has 1 aromatic rings. The van der Waals surface area contributed by atoms with Crippen molar-refractivity contribution in [3.63, 3.8) is 0 Å². The van der Waals surface area contributed by atoms with Crippen LogP contribution in [0.2, 0.25) is 0 Å². The Kier molecular flexibility index (Phi) is 3.06. The first-order valence-corrected chi connectivity index (χ1v) is 5.79. The molecule has 3 heteroatoms. The molecule has 2 rings (SSSR count). The highest BCUT2D eigenvalue weighted by atomic mass is 16.5. The number of ether oxygens (including phenoxy) is 1. The third kappa shape index (κ3) is 2.47. The summed E-state index contributed by atoms with van der Waals surface area (Å²) in [6.45, 7) is 6.12. The van der Waals surface area contributed by atoms with Gasteiger partial charge in [-0.15, -0.1) is 0 Å². The van der Waals surface area contributed by atoms with Crippen LogP contribution in [-0.2, 0) is 6.42 Å². The van der Waals surface area contributed by atoms with Crippen LogP contribution in [0, 0.1) is 0 Å². The molecule has 88 valence electrons. The molecule has 1 heterocycles. The van der Waals surface area contributed by atoms with Crippen molar-refractivity contribution in [3.05, 3.63) is 23.8 Å². The van der Waals surface area contributed by atoms with Gasteiger partial charge in [0.25, 0.3) is 0 Å². The van der Waals surface area contributed by atoms with Crippen LogP contribution in [0.25, 0.3) is 0 Å². The smallest absolute Gasteiger partial charge is 0.122 e. The van der Waals surface area contributed by atoms with Gasteiger partial charge in [-0.2, -0.15) is 0 Å². The Morgan fingerprint density at radius 1 is 1.38 bits per heavy atom. The fourth-order valence-electron chi connectivity index (χ4n) is 2.14. The highest BCUT2D eigenvalue weighted by Gasteiger charge is 2.18. The first-order valence-electron chi connectivity index (χ1n) is 5.79. The molecule has 0 amide bonds. The molecule has 16 heavy (non-hydrogen) atoms. The molecule has 0 atom stereocenters. The van der Waals surface area contributed by atoms with E-state index in [2.05, 4.69) is 42.7 Å². The quantitative estimate of drug-likeness (QED) is 0.814. The first kappa shape index (κ1) is 11.3. The van der Waals surface area contributed by atoms with E-state index in [1.54, 1.807) is 0 Å². The van der Waals surface area contributed by atoms with E-state index in [9.17, 15) is 0 Å². The molecule has 1 aliphatic rings. The average Bonchev–Trinajstić information content (AvgIpc) is 2.63. The number of fused-ring (bicyclic) bond motifs is 1. The second kappa shape index (κ2) is 4.34. The predicted molar refractivity (Wildman–Crippen MR) is 67.3 cm³/mol. The van der Waals surface area contributed by atoms with Crippen LogP contribution < -0.4 is 15.4 Å². The van der Waals surface area contributed by atoms with Crippen LogP contribution in [0.15, 0.2) is 18.2 Å². The molecule has 0 spiro atoms. The van der Waals surface area contributed by atoms with E-state index in [1.165, 1.54) is 11.3 Å². The third-order valence-corrected chi connectivity index (χ3v) is 2.79. The van der Waals surface area contributed by atoms with Gasteiger partial charge in [0.1, 0.15) is 5.75 Å². The number of benzene rings is 1. The lowest BCUT2D eigenvalue weighted by Gasteiger charge is -2.27. The van der Waals surface area contributed by atoms with Gasteiger partial charge in [-0.3, -0.25) is 0 Å². The van der Waals surface area contributed by atoms with Crippen LogP contribution >= 0.6 is 0 Å². The summed E-state index contributed by atoms with van der Waals surface area (Å²) in [5, 5.41) is 6.72. The molecule has 0 aliphatic carbocycles. The first-order chi connectivity index (χ1) is 7.61. The molecule has 3 nitrogen and oxygen atoms in total. The monoisotopic (exact) mass is 220 g/mol. The van der Waals surface area contributed by atoms with Crippen molar-refractivity contribution < 1.29 is 4.74 Å². The molecular weight excluding hydrogens is 200 g/mol. The van der Waals surface area contributed by atoms with Crippen molar-refractivity contribution in [1.29, 1.82) is 0 Å². The summed E-state index contributed by atoms with van der Waals surface area (Å²) in [4.78, 5) is 0. The Morgan fingerprint density at radius 2 is 2.19 bits per heavy atom. The molecule has 0 aromatic heterocycles. The fourth-order valence-corrected chi connectivity index (χ4v) is 2.14. The summed E-state index contributed by atoms with van der Waals surface area (Å²) >= 11 is 0. The fraction of sp³-hybridized carbons (Fsp3) is 0.538. The van der Waals surface area contributed by atoms with Crippen LogP contribution in [0.4, 0.5) is 5.69 Å². The van der Waals surface area contributed by atoms with Crippen LogP contribution in [-0.4, -0.2) is 25.7 Å². The van der Waals surface area contributed by atoms with E-state index in [0.717, 1.165) is 25.3 Å². The topological polar surface area (TPSA) is 33.3 Å². The van der Waals surface area contributed by atoms with Gasteiger partial charge >= 0.3 is 0 Å². The van der Waals surface area contributed by atoms with Gasteiger partial charge < -0.3 is 15.4 Å². The van der Waals surface area contributed by atoms with Crippen molar-refractivity contribution in [2.45, 2.75) is 25.8 Å². The molecule has 0 bridgehead atoms. The largest absolute Gasteiger partial charge is 0.493 e. The lowest BCUT2D eigenvalue weighted by Crippen LogP contribution is -2.40. The molecule has 1 aromatic carbocycles. The van der Waals surface area contributed by atoms with Crippen molar-refractivity contribution in [3.8, 4) is 5.75 Å². The highest BCUT2D eigenvalue weighted by Crippen LogP contribution is 2.28. The Hall–Kier alpha value is -1.22. The van der Waals surface area contributed by atoms with E-state index >= 15 is 0 Å². The molecule has 0 radical (unpaired) electrons. The Bertz CT molecular complexity index is 374. The minimum absolute atomic E-state index is 0.0580. The van der Waals surface area contributed by atoms with E-state index in [-0.39, 0.29) is 5.54 Å². The number of anilines is 1. The van der Waals surface area contributed by atoms with Crippen molar-refractivity contribution >= 4 is 5.69 Å². The molecule has 2 N–H and O–H groups in total. The zero-order chi connectivity index (χ0) is 11.6. The Balaban J connectivity index is 2.10. The van der Waals surface area contributed by atoms with Gasteiger partial charge in [0.05, 0.1) is 6.61 Å². The zero-order valence-corrected chi connectivity index (χ0v) is 10.3. The predicted octanol–water partition coefficient (Wildman–Crippen LogP) is 2.03. The summed E-state index contributed by atoms with van der Waals surface area (Å²) in [5.41, 5.74) is 2.54. The maximum Gasteiger partial charge on any atom is 0.122 e. The molecule has 0 unspecified atom stereocenters. The molecule has 0 fully saturated rings. The summed E-state index contributed by atoms with van der Waals surface area (Å²) in [5.74, 6) is 1.04. The van der Waals surface area contributed by atoms with Crippen LogP contribution in [0.3, 0.4) is 0 Å². The van der Waals surface area contributed by atoms with Gasteiger partial charge in [0.2, 0.25) is 0 Å². The van der Waals surface area contributed by atoms with Gasteiger partial charge in [0.15, 0.2) is 0 Å². The summed E-state index contributed by atoms with van der Waals surface area (Å²) in [7, 11) is 1.97. The van der Waals surface area contributed by atoms with E-state index in [4.69, 9.17) is 4.74 Å². The molecule has 1 aliphatic heterocycles. The van der Waals surface area contributed by atoms with Crippen molar-refractivity contribution in [2.24, 2.45) is 0 Å². The van der Waals surface area contributed by atoms with Gasteiger partial charge in [0, 0.05) is 24.2 Å². The molecular formula is C13H20N2O. The average molecular weight is 220 g/mol. The normalized spacial score (nSPS) is 14.4. The van der Waals surface area contributed by atoms with Gasteiger partial charge in [-0.05, 0) is 44.7 Å². The van der Waals surface area contributed by atoms with Crippen LogP contribution in [0.1, 0.15) is 19.4 Å².